The van der Waals surface area contributed by atoms with Crippen LogP contribution in [0.1, 0.15) is 54.1 Å². The van der Waals surface area contributed by atoms with Gasteiger partial charge in [-0.3, -0.25) is 9.59 Å². The van der Waals surface area contributed by atoms with E-state index in [1.54, 1.807) is 19.1 Å². The highest BCUT2D eigenvalue weighted by Gasteiger charge is 2.44. The molecule has 0 saturated heterocycles. The Bertz CT molecular complexity index is 998. The summed E-state index contributed by atoms with van der Waals surface area (Å²) in [6.07, 6.45) is 4.45. The first-order valence-electron chi connectivity index (χ1n) is 11.1. The van der Waals surface area contributed by atoms with Crippen molar-refractivity contribution in [3.8, 4) is 11.5 Å². The fourth-order valence-electron chi connectivity index (χ4n) is 5.31. The van der Waals surface area contributed by atoms with Crippen molar-refractivity contribution >= 4 is 11.8 Å². The molecule has 2 heterocycles. The van der Waals surface area contributed by atoms with Crippen LogP contribution in [0.25, 0.3) is 0 Å². The molecular formula is C25H28N2O4. The Labute approximate surface area is 182 Å². The summed E-state index contributed by atoms with van der Waals surface area (Å²) in [5.41, 5.74) is 2.95. The molecule has 162 valence electrons. The van der Waals surface area contributed by atoms with Gasteiger partial charge in [0.2, 0.25) is 5.91 Å². The molecule has 1 fully saturated rings. The minimum absolute atomic E-state index is 0.0394. The van der Waals surface area contributed by atoms with Crippen LogP contribution in [0.15, 0.2) is 42.5 Å². The number of nitrogens with zero attached hydrogens (tertiary/aromatic N) is 1. The van der Waals surface area contributed by atoms with Crippen LogP contribution in [0.2, 0.25) is 0 Å². The van der Waals surface area contributed by atoms with E-state index in [-0.39, 0.29) is 17.2 Å². The first-order chi connectivity index (χ1) is 15.1. The van der Waals surface area contributed by atoms with Gasteiger partial charge in [-0.05, 0) is 55.2 Å². The Morgan fingerprint density at radius 1 is 1.03 bits per heavy atom. The fraction of sp³-hybridized carbons (Fsp3) is 0.440. The van der Waals surface area contributed by atoms with E-state index in [4.69, 9.17) is 9.47 Å². The number of fused-ring (bicyclic) bond motifs is 3. The second-order valence-electron chi connectivity index (χ2n) is 8.90. The van der Waals surface area contributed by atoms with Crippen molar-refractivity contribution in [1.82, 2.24) is 10.2 Å². The average molecular weight is 421 g/mol. The first-order valence-corrected chi connectivity index (χ1v) is 11.1. The Morgan fingerprint density at radius 3 is 2.42 bits per heavy atom. The van der Waals surface area contributed by atoms with Gasteiger partial charge < -0.3 is 19.7 Å². The molecule has 3 aliphatic rings. The number of carbonyl (C=O) groups is 2. The number of amides is 2. The maximum absolute atomic E-state index is 13.4. The van der Waals surface area contributed by atoms with Gasteiger partial charge in [0.05, 0.1) is 0 Å². The molecule has 1 saturated carbocycles. The van der Waals surface area contributed by atoms with Gasteiger partial charge >= 0.3 is 0 Å². The van der Waals surface area contributed by atoms with Crippen LogP contribution in [0.4, 0.5) is 0 Å². The number of ether oxygens (including phenoxy) is 2. The summed E-state index contributed by atoms with van der Waals surface area (Å²) in [5, 5.41) is 2.87. The quantitative estimate of drug-likeness (QED) is 0.826. The minimum Gasteiger partial charge on any atom is -0.486 e. The highest BCUT2D eigenvalue weighted by atomic mass is 16.6. The Morgan fingerprint density at radius 2 is 1.71 bits per heavy atom. The molecule has 2 amide bonds. The van der Waals surface area contributed by atoms with Crippen molar-refractivity contribution in [2.45, 2.75) is 50.6 Å². The summed E-state index contributed by atoms with van der Waals surface area (Å²) in [6.45, 7) is 4.09. The molecule has 0 bridgehead atoms. The number of nitrogens with one attached hydrogen (secondary N) is 1. The molecule has 1 aliphatic carbocycles. The first kappa shape index (κ1) is 19.9. The van der Waals surface area contributed by atoms with E-state index in [0.29, 0.717) is 31.9 Å². The molecule has 2 aromatic carbocycles. The van der Waals surface area contributed by atoms with Crippen molar-refractivity contribution in [2.75, 3.05) is 19.8 Å². The Kier molecular flexibility index (Phi) is 5.08. The van der Waals surface area contributed by atoms with Crippen LogP contribution >= 0.6 is 0 Å². The third-order valence-electron chi connectivity index (χ3n) is 6.82. The average Bonchev–Trinajstić information content (AvgIpc) is 3.26. The summed E-state index contributed by atoms with van der Waals surface area (Å²) in [4.78, 5) is 27.8. The van der Waals surface area contributed by atoms with Crippen molar-refractivity contribution in [2.24, 2.45) is 0 Å². The maximum Gasteiger partial charge on any atom is 0.251 e. The summed E-state index contributed by atoms with van der Waals surface area (Å²) in [5.74, 6) is 1.31. The second kappa shape index (κ2) is 7.91. The standard InChI is InChI=1S/C25H28N2O4/c1-17(26-23(28)18-7-3-2-4-8-18)24(29)27-15-19-13-21-22(31-12-11-30-21)14-20(19)25(16-27)9-5-6-10-25/h2-4,7-8,13-14,17H,5-6,9-12,15-16H2,1H3,(H,26,28)/t17-/m1/s1. The van der Waals surface area contributed by atoms with E-state index < -0.39 is 6.04 Å². The number of carbonyl (C=O) groups excluding carboxylic acids is 2. The van der Waals surface area contributed by atoms with E-state index in [1.807, 2.05) is 23.1 Å². The minimum atomic E-state index is -0.593. The summed E-state index contributed by atoms with van der Waals surface area (Å²) in [7, 11) is 0. The molecule has 2 aromatic rings. The summed E-state index contributed by atoms with van der Waals surface area (Å²) < 4.78 is 11.6. The van der Waals surface area contributed by atoms with Gasteiger partial charge in [0, 0.05) is 24.1 Å². The second-order valence-corrected chi connectivity index (χ2v) is 8.90. The Hall–Kier alpha value is -3.02. The van der Waals surface area contributed by atoms with Crippen LogP contribution < -0.4 is 14.8 Å². The maximum atomic E-state index is 13.4. The number of benzene rings is 2. The zero-order valence-corrected chi connectivity index (χ0v) is 17.9. The SMILES string of the molecule is C[C@@H](NC(=O)c1ccccc1)C(=O)N1Cc2cc3c(cc2C2(CCCC2)C1)OCCO3. The lowest BCUT2D eigenvalue weighted by Gasteiger charge is -2.43. The van der Waals surface area contributed by atoms with E-state index in [2.05, 4.69) is 17.4 Å². The van der Waals surface area contributed by atoms with Gasteiger partial charge in [0.1, 0.15) is 19.3 Å². The molecule has 1 spiro atoms. The fourth-order valence-corrected chi connectivity index (χ4v) is 5.31. The normalized spacial score (nSPS) is 19.6. The van der Waals surface area contributed by atoms with E-state index in [0.717, 1.165) is 42.7 Å². The third kappa shape index (κ3) is 3.64. The number of hydrogen-bond acceptors (Lipinski definition) is 4. The molecule has 1 N–H and O–H groups in total. The largest absolute Gasteiger partial charge is 0.486 e. The zero-order valence-electron chi connectivity index (χ0n) is 17.9. The van der Waals surface area contributed by atoms with Gasteiger partial charge in [-0.1, -0.05) is 31.0 Å². The van der Waals surface area contributed by atoms with E-state index in [9.17, 15) is 9.59 Å². The van der Waals surface area contributed by atoms with E-state index >= 15 is 0 Å². The molecule has 5 rings (SSSR count). The van der Waals surface area contributed by atoms with Gasteiger partial charge in [-0.2, -0.15) is 0 Å². The van der Waals surface area contributed by atoms with Crippen molar-refractivity contribution in [3.63, 3.8) is 0 Å². The monoisotopic (exact) mass is 420 g/mol. The predicted octanol–water partition coefficient (Wildman–Crippen LogP) is 3.43. The van der Waals surface area contributed by atoms with Gasteiger partial charge in [-0.25, -0.2) is 0 Å². The molecule has 31 heavy (non-hydrogen) atoms. The van der Waals surface area contributed by atoms with Crippen LogP contribution in [-0.4, -0.2) is 42.5 Å². The molecule has 0 unspecified atom stereocenters. The highest BCUT2D eigenvalue weighted by molar-refractivity contribution is 5.97. The van der Waals surface area contributed by atoms with Crippen molar-refractivity contribution in [3.05, 3.63) is 59.2 Å². The van der Waals surface area contributed by atoms with Crippen LogP contribution in [-0.2, 0) is 16.8 Å². The molecule has 6 heteroatoms. The Balaban J connectivity index is 1.39. The lowest BCUT2D eigenvalue weighted by Crippen LogP contribution is -2.53. The van der Waals surface area contributed by atoms with Crippen LogP contribution in [0.3, 0.4) is 0 Å². The zero-order chi connectivity index (χ0) is 21.4. The molecule has 1 atom stereocenters. The number of hydrogen-bond donors (Lipinski definition) is 1. The third-order valence-corrected chi connectivity index (χ3v) is 6.82. The molecule has 0 aromatic heterocycles. The summed E-state index contributed by atoms with van der Waals surface area (Å²) in [6, 6.07) is 12.6. The molecular weight excluding hydrogens is 392 g/mol. The highest BCUT2D eigenvalue weighted by Crippen LogP contribution is 2.49. The van der Waals surface area contributed by atoms with Crippen molar-refractivity contribution in [1.29, 1.82) is 0 Å². The van der Waals surface area contributed by atoms with Crippen LogP contribution in [0, 0.1) is 0 Å². The lowest BCUT2D eigenvalue weighted by atomic mass is 9.73. The topological polar surface area (TPSA) is 67.9 Å². The lowest BCUT2D eigenvalue weighted by molar-refractivity contribution is -0.135. The van der Waals surface area contributed by atoms with Gasteiger partial charge in [0.25, 0.3) is 5.91 Å². The molecule has 0 radical (unpaired) electrons. The van der Waals surface area contributed by atoms with Crippen LogP contribution in [0.5, 0.6) is 11.5 Å². The van der Waals surface area contributed by atoms with Gasteiger partial charge in [0.15, 0.2) is 11.5 Å². The number of rotatable bonds is 3. The summed E-state index contributed by atoms with van der Waals surface area (Å²) >= 11 is 0. The molecule has 2 aliphatic heterocycles. The van der Waals surface area contributed by atoms with E-state index in [1.165, 1.54) is 5.56 Å². The molecule has 6 nitrogen and oxygen atoms in total. The van der Waals surface area contributed by atoms with Gasteiger partial charge in [-0.15, -0.1) is 0 Å². The smallest absolute Gasteiger partial charge is 0.251 e. The predicted molar refractivity (Wildman–Crippen MR) is 116 cm³/mol. The van der Waals surface area contributed by atoms with Crippen molar-refractivity contribution < 1.29 is 19.1 Å².